The molecule has 0 amide bonds. The highest BCUT2D eigenvalue weighted by molar-refractivity contribution is 9.10. The van der Waals surface area contributed by atoms with Gasteiger partial charge < -0.3 is 0 Å². The summed E-state index contributed by atoms with van der Waals surface area (Å²) in [6, 6.07) is 5.30. The number of carbonyl (C=O) groups is 2. The van der Waals surface area contributed by atoms with Crippen molar-refractivity contribution in [2.75, 3.05) is 0 Å². The Kier molecular flexibility index (Phi) is 3.37. The molecule has 0 radical (unpaired) electrons. The fraction of sp³-hybridized carbons (Fsp3) is 0.200. The van der Waals surface area contributed by atoms with E-state index in [1.165, 1.54) is 6.92 Å². The highest BCUT2D eigenvalue weighted by Gasteiger charge is 2.07. The van der Waals surface area contributed by atoms with Gasteiger partial charge in [-0.25, -0.2) is 0 Å². The number of carbonyl (C=O) groups excluding carboxylic acids is 2. The second kappa shape index (κ2) is 4.33. The van der Waals surface area contributed by atoms with Crippen molar-refractivity contribution in [2.24, 2.45) is 0 Å². The fourth-order valence-corrected chi connectivity index (χ4v) is 1.64. The number of hydrogen-bond acceptors (Lipinski definition) is 2. The third kappa shape index (κ3) is 2.49. The number of halogens is 1. The van der Waals surface area contributed by atoms with Crippen LogP contribution in [0, 0.1) is 0 Å². The summed E-state index contributed by atoms with van der Waals surface area (Å²) in [7, 11) is 0. The van der Waals surface area contributed by atoms with Gasteiger partial charge in [-0.3, -0.25) is 9.59 Å². The molecule has 0 atom stereocenters. The molecule has 0 fully saturated rings. The summed E-state index contributed by atoms with van der Waals surface area (Å²) in [5.41, 5.74) is 1.34. The van der Waals surface area contributed by atoms with Crippen LogP contribution in [0.15, 0.2) is 22.7 Å². The summed E-state index contributed by atoms with van der Waals surface area (Å²) in [6.07, 6.45) is 1.07. The van der Waals surface area contributed by atoms with E-state index in [9.17, 15) is 9.59 Å². The summed E-state index contributed by atoms with van der Waals surface area (Å²) in [4.78, 5) is 21.5. The van der Waals surface area contributed by atoms with Crippen LogP contribution < -0.4 is 0 Å². The molecule has 13 heavy (non-hydrogen) atoms. The maximum absolute atomic E-state index is 10.9. The number of benzene rings is 1. The first-order chi connectivity index (χ1) is 6.15. The van der Waals surface area contributed by atoms with Gasteiger partial charge in [-0.1, -0.05) is 28.1 Å². The van der Waals surface area contributed by atoms with Gasteiger partial charge in [0.2, 0.25) is 0 Å². The minimum Gasteiger partial charge on any atom is -0.300 e. The summed E-state index contributed by atoms with van der Waals surface area (Å²) in [5, 5.41) is 0. The fourth-order valence-electron chi connectivity index (χ4n) is 1.12. The molecule has 0 aliphatic rings. The predicted molar refractivity (Wildman–Crippen MR) is 53.9 cm³/mol. The maximum atomic E-state index is 10.9. The molecule has 0 aliphatic heterocycles. The molecule has 0 aliphatic carbocycles. The molecule has 0 saturated carbocycles. The van der Waals surface area contributed by atoms with Gasteiger partial charge in [0, 0.05) is 16.5 Å². The normalized spacial score (nSPS) is 9.69. The van der Waals surface area contributed by atoms with E-state index in [4.69, 9.17) is 0 Å². The van der Waals surface area contributed by atoms with E-state index >= 15 is 0 Å². The zero-order valence-electron chi connectivity index (χ0n) is 7.21. The molecule has 0 spiro atoms. The first-order valence-corrected chi connectivity index (χ1v) is 4.66. The van der Waals surface area contributed by atoms with E-state index < -0.39 is 0 Å². The number of ketones is 1. The molecule has 0 bridgehead atoms. The van der Waals surface area contributed by atoms with E-state index in [0.717, 1.165) is 16.3 Å². The van der Waals surface area contributed by atoms with Gasteiger partial charge in [0.1, 0.15) is 12.1 Å². The minimum absolute atomic E-state index is 0.0509. The second-order valence-corrected chi connectivity index (χ2v) is 3.66. The van der Waals surface area contributed by atoms with Crippen LogP contribution in [0.4, 0.5) is 0 Å². The van der Waals surface area contributed by atoms with Gasteiger partial charge in [0.25, 0.3) is 0 Å². The maximum Gasteiger partial charge on any atom is 0.150 e. The van der Waals surface area contributed by atoms with E-state index in [-0.39, 0.29) is 5.78 Å². The Hall–Kier alpha value is -0.960. The number of Topliss-reactive ketones (excluding diaryl/α,β-unsaturated/α-hetero) is 1. The number of aldehydes is 1. The monoisotopic (exact) mass is 240 g/mol. The van der Waals surface area contributed by atoms with Gasteiger partial charge in [-0.05, 0) is 18.6 Å². The molecule has 1 rings (SSSR count). The zero-order chi connectivity index (χ0) is 9.84. The van der Waals surface area contributed by atoms with Crippen LogP contribution in [0.1, 0.15) is 22.8 Å². The van der Waals surface area contributed by atoms with Gasteiger partial charge in [-0.2, -0.15) is 0 Å². The van der Waals surface area contributed by atoms with Crippen molar-refractivity contribution in [3.63, 3.8) is 0 Å². The molecule has 2 nitrogen and oxygen atoms in total. The van der Waals surface area contributed by atoms with Crippen molar-refractivity contribution in [3.05, 3.63) is 33.8 Å². The minimum atomic E-state index is 0.0509. The second-order valence-electron chi connectivity index (χ2n) is 2.80. The summed E-state index contributed by atoms with van der Waals surface area (Å²) in [5.74, 6) is 0.0509. The van der Waals surface area contributed by atoms with Crippen molar-refractivity contribution >= 4 is 28.0 Å². The molecular formula is C10H9BrO2. The van der Waals surface area contributed by atoms with Crippen LogP contribution in [-0.4, -0.2) is 12.1 Å². The van der Waals surface area contributed by atoms with Crippen molar-refractivity contribution in [2.45, 2.75) is 13.3 Å². The lowest BCUT2D eigenvalue weighted by Crippen LogP contribution is -2.01. The average molecular weight is 241 g/mol. The van der Waals surface area contributed by atoms with Crippen molar-refractivity contribution < 1.29 is 9.59 Å². The van der Waals surface area contributed by atoms with Crippen molar-refractivity contribution in [1.29, 1.82) is 0 Å². The molecule has 0 heterocycles. The van der Waals surface area contributed by atoms with Crippen LogP contribution in [0.2, 0.25) is 0 Å². The van der Waals surface area contributed by atoms with Crippen LogP contribution in [0.25, 0.3) is 0 Å². The van der Waals surface area contributed by atoms with Gasteiger partial charge >= 0.3 is 0 Å². The van der Waals surface area contributed by atoms with E-state index in [1.54, 1.807) is 12.1 Å². The summed E-state index contributed by atoms with van der Waals surface area (Å²) >= 11 is 3.31. The van der Waals surface area contributed by atoms with Crippen molar-refractivity contribution in [1.82, 2.24) is 0 Å². The quantitative estimate of drug-likeness (QED) is 0.761. The predicted octanol–water partition coefficient (Wildman–Crippen LogP) is 2.39. The smallest absolute Gasteiger partial charge is 0.150 e. The van der Waals surface area contributed by atoms with E-state index in [1.807, 2.05) is 6.07 Å². The Morgan fingerprint density at radius 1 is 1.54 bits per heavy atom. The highest BCUT2D eigenvalue weighted by Crippen LogP contribution is 2.20. The Morgan fingerprint density at radius 2 is 2.23 bits per heavy atom. The van der Waals surface area contributed by atoms with E-state index in [0.29, 0.717) is 12.0 Å². The first kappa shape index (κ1) is 10.1. The summed E-state index contributed by atoms with van der Waals surface area (Å²) < 4.78 is 0.812. The Bertz CT molecular complexity index is 345. The molecule has 1 aromatic rings. The first-order valence-electron chi connectivity index (χ1n) is 3.87. The van der Waals surface area contributed by atoms with Crippen molar-refractivity contribution in [3.8, 4) is 0 Å². The Morgan fingerprint density at radius 3 is 2.77 bits per heavy atom. The summed E-state index contributed by atoms with van der Waals surface area (Å²) in [6.45, 7) is 1.51. The third-order valence-corrected chi connectivity index (χ3v) is 2.45. The third-order valence-electron chi connectivity index (χ3n) is 1.71. The topological polar surface area (TPSA) is 34.1 Å². The molecule has 0 N–H and O–H groups in total. The zero-order valence-corrected chi connectivity index (χ0v) is 8.80. The van der Waals surface area contributed by atoms with Crippen LogP contribution >= 0.6 is 15.9 Å². The van der Waals surface area contributed by atoms with Crippen LogP contribution in [-0.2, 0) is 11.2 Å². The van der Waals surface area contributed by atoms with Crippen LogP contribution in [0.3, 0.4) is 0 Å². The SMILES string of the molecule is CC(=O)Cc1c(Br)cccc1C=O. The molecule has 3 heteroatoms. The lowest BCUT2D eigenvalue weighted by atomic mass is 10.0. The average Bonchev–Trinajstić information content (AvgIpc) is 2.08. The standard InChI is InChI=1S/C10H9BrO2/c1-7(13)5-9-8(6-12)3-2-4-10(9)11/h2-4,6H,5H2,1H3. The van der Waals surface area contributed by atoms with Gasteiger partial charge in [0.05, 0.1) is 0 Å². The molecule has 0 saturated heterocycles. The molecule has 68 valence electrons. The number of hydrogen-bond donors (Lipinski definition) is 0. The van der Waals surface area contributed by atoms with E-state index in [2.05, 4.69) is 15.9 Å². The largest absolute Gasteiger partial charge is 0.300 e. The molecule has 0 unspecified atom stereocenters. The lowest BCUT2D eigenvalue weighted by Gasteiger charge is -2.04. The highest BCUT2D eigenvalue weighted by atomic mass is 79.9. The van der Waals surface area contributed by atoms with Gasteiger partial charge in [0.15, 0.2) is 0 Å². The lowest BCUT2D eigenvalue weighted by molar-refractivity contribution is -0.116. The van der Waals surface area contributed by atoms with Crippen LogP contribution in [0.5, 0.6) is 0 Å². The molecular weight excluding hydrogens is 232 g/mol. The van der Waals surface area contributed by atoms with Gasteiger partial charge in [-0.15, -0.1) is 0 Å². The Balaban J connectivity index is 3.14. The molecule has 1 aromatic carbocycles. The number of rotatable bonds is 3. The Labute approximate surface area is 85.1 Å². The molecule has 0 aromatic heterocycles.